The van der Waals surface area contributed by atoms with Crippen molar-refractivity contribution in [2.24, 2.45) is 23.7 Å². The molecule has 2 bridgehead atoms. The second kappa shape index (κ2) is 5.29. The number of hydrogen-bond donors (Lipinski definition) is 1. The van der Waals surface area contributed by atoms with Crippen LogP contribution in [0.1, 0.15) is 42.5 Å². The summed E-state index contributed by atoms with van der Waals surface area (Å²) in [6, 6.07) is 8.34. The Morgan fingerprint density at radius 1 is 1.14 bits per heavy atom. The molecule has 0 spiro atoms. The van der Waals surface area contributed by atoms with E-state index in [-0.39, 0.29) is 5.91 Å². The van der Waals surface area contributed by atoms with Gasteiger partial charge in [0.1, 0.15) is 0 Å². The van der Waals surface area contributed by atoms with E-state index in [1.54, 1.807) is 0 Å². The van der Waals surface area contributed by atoms with Gasteiger partial charge in [-0.1, -0.05) is 12.5 Å². The van der Waals surface area contributed by atoms with Crippen molar-refractivity contribution in [2.75, 3.05) is 19.0 Å². The van der Waals surface area contributed by atoms with Crippen LogP contribution in [0.4, 0.5) is 5.69 Å². The third-order valence-corrected chi connectivity index (χ3v) is 6.37. The highest BCUT2D eigenvalue weighted by atomic mass is 16.1. The van der Waals surface area contributed by atoms with Crippen LogP contribution in [-0.2, 0) is 0 Å². The van der Waals surface area contributed by atoms with E-state index in [1.165, 1.54) is 32.1 Å². The molecule has 1 amide bonds. The van der Waals surface area contributed by atoms with Gasteiger partial charge in [-0.25, -0.2) is 0 Å². The maximum absolute atomic E-state index is 12.6. The van der Waals surface area contributed by atoms with Crippen molar-refractivity contribution in [1.29, 1.82) is 0 Å². The Kier molecular flexibility index (Phi) is 3.39. The molecule has 118 valence electrons. The lowest BCUT2D eigenvalue weighted by Gasteiger charge is -2.32. The lowest BCUT2D eigenvalue weighted by molar-refractivity contribution is 0.0901. The molecule has 3 saturated carbocycles. The molecule has 22 heavy (non-hydrogen) atoms. The number of nitrogens with zero attached hydrogens (tertiary/aromatic N) is 1. The summed E-state index contributed by atoms with van der Waals surface area (Å²) in [5, 5.41) is 3.35. The molecular formula is C19H26N2O. The van der Waals surface area contributed by atoms with Gasteiger partial charge in [-0.05, 0) is 67.6 Å². The van der Waals surface area contributed by atoms with Crippen molar-refractivity contribution in [3.05, 3.63) is 29.8 Å². The molecule has 0 aromatic heterocycles. The second-order valence-corrected chi connectivity index (χ2v) is 7.68. The van der Waals surface area contributed by atoms with Crippen LogP contribution < -0.4 is 10.2 Å². The predicted molar refractivity (Wildman–Crippen MR) is 89.1 cm³/mol. The molecule has 1 aromatic carbocycles. The average molecular weight is 298 g/mol. The van der Waals surface area contributed by atoms with Gasteiger partial charge in [-0.15, -0.1) is 0 Å². The van der Waals surface area contributed by atoms with Crippen molar-refractivity contribution in [1.82, 2.24) is 5.32 Å². The van der Waals surface area contributed by atoms with Crippen LogP contribution in [0.25, 0.3) is 0 Å². The van der Waals surface area contributed by atoms with E-state index in [2.05, 4.69) is 5.32 Å². The first-order valence-electron chi connectivity index (χ1n) is 8.72. The number of rotatable bonds is 3. The van der Waals surface area contributed by atoms with Crippen molar-refractivity contribution in [3.8, 4) is 0 Å². The van der Waals surface area contributed by atoms with Crippen LogP contribution in [0.5, 0.6) is 0 Å². The van der Waals surface area contributed by atoms with Crippen LogP contribution in [0, 0.1) is 23.7 Å². The van der Waals surface area contributed by atoms with Gasteiger partial charge in [0.25, 0.3) is 5.91 Å². The molecule has 1 N–H and O–H groups in total. The summed E-state index contributed by atoms with van der Waals surface area (Å²) in [6.07, 6.45) is 6.82. The maximum atomic E-state index is 12.6. The van der Waals surface area contributed by atoms with E-state index < -0.39 is 0 Å². The quantitative estimate of drug-likeness (QED) is 0.928. The highest BCUT2D eigenvalue weighted by Crippen LogP contribution is 2.58. The molecule has 0 saturated heterocycles. The first-order valence-corrected chi connectivity index (χ1v) is 8.72. The molecule has 4 rings (SSSR count). The number of benzene rings is 1. The molecule has 5 atom stereocenters. The van der Waals surface area contributed by atoms with Gasteiger partial charge >= 0.3 is 0 Å². The fourth-order valence-corrected chi connectivity index (χ4v) is 5.41. The summed E-state index contributed by atoms with van der Waals surface area (Å²) in [5.74, 6) is 3.62. The smallest absolute Gasteiger partial charge is 0.251 e. The Morgan fingerprint density at radius 3 is 2.77 bits per heavy atom. The van der Waals surface area contributed by atoms with Crippen molar-refractivity contribution < 1.29 is 4.79 Å². The van der Waals surface area contributed by atoms with Crippen molar-refractivity contribution in [3.63, 3.8) is 0 Å². The molecule has 0 heterocycles. The van der Waals surface area contributed by atoms with E-state index >= 15 is 0 Å². The first kappa shape index (κ1) is 14.1. The largest absolute Gasteiger partial charge is 0.378 e. The molecule has 3 aliphatic rings. The highest BCUT2D eigenvalue weighted by Gasteiger charge is 2.54. The predicted octanol–water partition coefficient (Wildman–Crippen LogP) is 3.31. The summed E-state index contributed by atoms with van der Waals surface area (Å²) in [6.45, 7) is 0. The molecule has 5 unspecified atom stereocenters. The normalized spacial score (nSPS) is 35.5. The molecule has 3 aliphatic carbocycles. The van der Waals surface area contributed by atoms with E-state index in [4.69, 9.17) is 0 Å². The molecule has 0 aliphatic heterocycles. The number of nitrogens with one attached hydrogen (secondary N) is 1. The van der Waals surface area contributed by atoms with Gasteiger partial charge < -0.3 is 10.2 Å². The molecule has 3 heteroatoms. The zero-order valence-corrected chi connectivity index (χ0v) is 13.6. The number of amides is 1. The minimum Gasteiger partial charge on any atom is -0.378 e. The number of carbonyl (C=O) groups excluding carboxylic acids is 1. The molecule has 1 aromatic rings. The topological polar surface area (TPSA) is 32.3 Å². The van der Waals surface area contributed by atoms with E-state index in [1.807, 2.05) is 43.3 Å². The SMILES string of the molecule is CN(C)c1cccc(C(=O)NC2CC3CC2C2CCCC32)c1. The van der Waals surface area contributed by atoms with Gasteiger partial charge in [0.15, 0.2) is 0 Å². The Hall–Kier alpha value is -1.51. The van der Waals surface area contributed by atoms with Crippen LogP contribution >= 0.6 is 0 Å². The number of carbonyl (C=O) groups is 1. The summed E-state index contributed by atoms with van der Waals surface area (Å²) < 4.78 is 0. The third-order valence-electron chi connectivity index (χ3n) is 6.37. The standard InChI is InChI=1S/C19H26N2O/c1-21(2)14-6-3-5-12(9-14)19(22)20-18-11-13-10-17(18)16-8-4-7-15(13)16/h3,5-6,9,13,15-18H,4,7-8,10-11H2,1-2H3,(H,20,22). The fourth-order valence-electron chi connectivity index (χ4n) is 5.41. The van der Waals surface area contributed by atoms with Crippen LogP contribution in [0.2, 0.25) is 0 Å². The molecule has 3 fully saturated rings. The van der Waals surface area contributed by atoms with E-state index in [9.17, 15) is 4.79 Å². The second-order valence-electron chi connectivity index (χ2n) is 7.68. The van der Waals surface area contributed by atoms with Crippen LogP contribution in [0.3, 0.4) is 0 Å². The van der Waals surface area contributed by atoms with Gasteiger partial charge in [0, 0.05) is 31.4 Å². The Balaban J connectivity index is 1.46. The first-order chi connectivity index (χ1) is 10.6. The van der Waals surface area contributed by atoms with Crippen LogP contribution in [-0.4, -0.2) is 26.0 Å². The van der Waals surface area contributed by atoms with Gasteiger partial charge in [0.05, 0.1) is 0 Å². The van der Waals surface area contributed by atoms with Crippen molar-refractivity contribution in [2.45, 2.75) is 38.1 Å². The molecular weight excluding hydrogens is 272 g/mol. The lowest BCUT2D eigenvalue weighted by atomic mass is 9.79. The zero-order chi connectivity index (χ0) is 15.3. The molecule has 0 radical (unpaired) electrons. The number of anilines is 1. The summed E-state index contributed by atoms with van der Waals surface area (Å²) in [5.41, 5.74) is 1.87. The van der Waals surface area contributed by atoms with E-state index in [0.717, 1.165) is 34.9 Å². The fraction of sp³-hybridized carbons (Fsp3) is 0.632. The average Bonchev–Trinajstić information content (AvgIpc) is 3.19. The van der Waals surface area contributed by atoms with Gasteiger partial charge in [0.2, 0.25) is 0 Å². The highest BCUT2D eigenvalue weighted by molar-refractivity contribution is 5.95. The number of hydrogen-bond acceptors (Lipinski definition) is 2. The van der Waals surface area contributed by atoms with E-state index in [0.29, 0.717) is 6.04 Å². The van der Waals surface area contributed by atoms with Crippen molar-refractivity contribution >= 4 is 11.6 Å². The Labute approximate surface area is 133 Å². The maximum Gasteiger partial charge on any atom is 0.251 e. The Morgan fingerprint density at radius 2 is 1.95 bits per heavy atom. The monoisotopic (exact) mass is 298 g/mol. The minimum atomic E-state index is 0.107. The summed E-state index contributed by atoms with van der Waals surface area (Å²) >= 11 is 0. The lowest BCUT2D eigenvalue weighted by Crippen LogP contribution is -2.42. The minimum absolute atomic E-state index is 0.107. The van der Waals surface area contributed by atoms with Gasteiger partial charge in [-0.2, -0.15) is 0 Å². The molecule has 3 nitrogen and oxygen atoms in total. The third kappa shape index (κ3) is 2.22. The van der Waals surface area contributed by atoms with Gasteiger partial charge in [-0.3, -0.25) is 4.79 Å². The van der Waals surface area contributed by atoms with Crippen LogP contribution in [0.15, 0.2) is 24.3 Å². The number of fused-ring (bicyclic) bond motifs is 5. The Bertz CT molecular complexity index is 583. The summed E-state index contributed by atoms with van der Waals surface area (Å²) in [7, 11) is 4.01. The summed E-state index contributed by atoms with van der Waals surface area (Å²) in [4.78, 5) is 14.7. The zero-order valence-electron chi connectivity index (χ0n) is 13.6.